The molecular weight excluding hydrogens is 368 g/mol. The van der Waals surface area contributed by atoms with Gasteiger partial charge in [-0.1, -0.05) is 12.1 Å². The Labute approximate surface area is 156 Å². The van der Waals surface area contributed by atoms with E-state index >= 15 is 0 Å². The molecule has 0 aliphatic carbocycles. The predicted molar refractivity (Wildman–Crippen MR) is 96.2 cm³/mol. The van der Waals surface area contributed by atoms with Crippen molar-refractivity contribution in [1.82, 2.24) is 4.98 Å². The Morgan fingerprint density at radius 1 is 1.15 bits per heavy atom. The lowest BCUT2D eigenvalue weighted by Gasteiger charge is -2.20. The lowest BCUT2D eigenvalue weighted by atomic mass is 10.00. The van der Waals surface area contributed by atoms with Gasteiger partial charge in [-0.25, -0.2) is 18.2 Å². The number of cyclic esters (lactones) is 1. The average molecular weight is 384 g/mol. The fourth-order valence-corrected chi connectivity index (χ4v) is 3.26. The zero-order valence-electron chi connectivity index (χ0n) is 14.9. The van der Waals surface area contributed by atoms with Gasteiger partial charge in [-0.2, -0.15) is 5.26 Å². The molecule has 1 aromatic carbocycles. The van der Waals surface area contributed by atoms with Crippen LogP contribution < -0.4 is 4.74 Å². The van der Waals surface area contributed by atoms with Crippen LogP contribution >= 0.6 is 0 Å². The maximum Gasteiger partial charge on any atom is 0.343 e. The summed E-state index contributed by atoms with van der Waals surface area (Å²) in [5.74, 6) is -0.104. The van der Waals surface area contributed by atoms with Crippen LogP contribution in [-0.2, 0) is 19.4 Å². The zero-order chi connectivity index (χ0) is 19.8. The Balaban J connectivity index is 2.06. The highest BCUT2D eigenvalue weighted by atomic mass is 32.2. The number of hydrogen-bond donors (Lipinski definition) is 0. The largest absolute Gasteiger partial charge is 0.448 e. The molecule has 0 radical (unpaired) electrons. The summed E-state index contributed by atoms with van der Waals surface area (Å²) in [5.41, 5.74) is 0.0241. The van der Waals surface area contributed by atoms with E-state index in [0.717, 1.165) is 6.26 Å². The SMILES string of the molecule is CC1(C)OC(=O)C(c2ccc(S(C)(=O)=O)cc2)=C1Oc1ccc(C#N)cn1. The molecule has 0 fully saturated rings. The van der Waals surface area contributed by atoms with E-state index in [0.29, 0.717) is 11.1 Å². The standard InChI is InChI=1S/C19H16N2O5S/c1-19(2)17(25-15-9-4-12(10-20)11-21-15)16(18(22)26-19)13-5-7-14(8-6-13)27(3,23)24/h4-9,11H,1-3H3. The van der Waals surface area contributed by atoms with E-state index in [-0.39, 0.29) is 22.1 Å². The highest BCUT2D eigenvalue weighted by Crippen LogP contribution is 2.38. The molecular formula is C19H16N2O5S. The summed E-state index contributed by atoms with van der Waals surface area (Å²) in [4.78, 5) is 16.6. The number of benzene rings is 1. The van der Waals surface area contributed by atoms with Gasteiger partial charge in [-0.15, -0.1) is 0 Å². The molecule has 3 rings (SSSR count). The summed E-state index contributed by atoms with van der Waals surface area (Å²) in [6.07, 6.45) is 2.47. The average Bonchev–Trinajstić information content (AvgIpc) is 2.83. The second kappa shape index (κ2) is 6.52. The molecule has 1 aliphatic heterocycles. The van der Waals surface area contributed by atoms with E-state index in [1.807, 2.05) is 6.07 Å². The fourth-order valence-electron chi connectivity index (χ4n) is 2.63. The molecule has 2 heterocycles. The third-order valence-electron chi connectivity index (χ3n) is 3.97. The second-order valence-electron chi connectivity index (χ2n) is 6.50. The van der Waals surface area contributed by atoms with E-state index in [4.69, 9.17) is 14.7 Å². The van der Waals surface area contributed by atoms with Crippen molar-refractivity contribution < 1.29 is 22.7 Å². The molecule has 0 spiro atoms. The van der Waals surface area contributed by atoms with E-state index < -0.39 is 21.4 Å². The Morgan fingerprint density at radius 3 is 2.33 bits per heavy atom. The highest BCUT2D eigenvalue weighted by Gasteiger charge is 2.43. The smallest absolute Gasteiger partial charge is 0.343 e. The number of hydrogen-bond acceptors (Lipinski definition) is 7. The monoisotopic (exact) mass is 384 g/mol. The van der Waals surface area contributed by atoms with Crippen molar-refractivity contribution in [3.63, 3.8) is 0 Å². The van der Waals surface area contributed by atoms with Crippen LogP contribution in [0.2, 0.25) is 0 Å². The molecule has 0 unspecified atom stereocenters. The molecule has 7 nitrogen and oxygen atoms in total. The first kappa shape index (κ1) is 18.6. The van der Waals surface area contributed by atoms with Crippen molar-refractivity contribution in [2.24, 2.45) is 0 Å². The van der Waals surface area contributed by atoms with E-state index in [9.17, 15) is 13.2 Å². The number of rotatable bonds is 4. The van der Waals surface area contributed by atoms with Crippen molar-refractivity contribution >= 4 is 21.4 Å². The molecule has 1 aliphatic rings. The summed E-state index contributed by atoms with van der Waals surface area (Å²) in [5, 5.41) is 8.85. The molecule has 27 heavy (non-hydrogen) atoms. The van der Waals surface area contributed by atoms with Crippen LogP contribution in [0.4, 0.5) is 0 Å². The number of ether oxygens (including phenoxy) is 2. The second-order valence-corrected chi connectivity index (χ2v) is 8.52. The van der Waals surface area contributed by atoms with Crippen LogP contribution in [-0.4, -0.2) is 31.2 Å². The van der Waals surface area contributed by atoms with Crippen LogP contribution in [0.25, 0.3) is 5.57 Å². The molecule has 8 heteroatoms. The maximum atomic E-state index is 12.4. The third kappa shape index (κ3) is 3.68. The van der Waals surface area contributed by atoms with Crippen molar-refractivity contribution in [2.75, 3.05) is 6.26 Å². The lowest BCUT2D eigenvalue weighted by Crippen LogP contribution is -2.26. The van der Waals surface area contributed by atoms with Gasteiger partial charge in [-0.3, -0.25) is 0 Å². The van der Waals surface area contributed by atoms with Gasteiger partial charge >= 0.3 is 5.97 Å². The summed E-state index contributed by atoms with van der Waals surface area (Å²) in [6.45, 7) is 3.36. The van der Waals surface area contributed by atoms with Gasteiger partial charge in [0.15, 0.2) is 21.2 Å². The van der Waals surface area contributed by atoms with E-state index in [2.05, 4.69) is 4.98 Å². The Kier molecular flexibility index (Phi) is 4.49. The highest BCUT2D eigenvalue weighted by molar-refractivity contribution is 7.90. The number of carbonyl (C=O) groups is 1. The minimum Gasteiger partial charge on any atom is -0.448 e. The molecule has 0 bridgehead atoms. The third-order valence-corrected chi connectivity index (χ3v) is 5.10. The number of nitriles is 1. The predicted octanol–water partition coefficient (Wildman–Crippen LogP) is 2.48. The van der Waals surface area contributed by atoms with Crippen LogP contribution in [0.15, 0.2) is 53.2 Å². The van der Waals surface area contributed by atoms with Gasteiger partial charge in [0.25, 0.3) is 0 Å². The summed E-state index contributed by atoms with van der Waals surface area (Å²) < 4.78 is 34.5. The van der Waals surface area contributed by atoms with Crippen LogP contribution in [0.1, 0.15) is 25.0 Å². The molecule has 0 saturated heterocycles. The van der Waals surface area contributed by atoms with Gasteiger partial charge in [0.2, 0.25) is 5.88 Å². The molecule has 138 valence electrons. The number of pyridine rings is 1. The number of carbonyl (C=O) groups excluding carboxylic acids is 1. The van der Waals surface area contributed by atoms with Crippen molar-refractivity contribution in [1.29, 1.82) is 5.26 Å². The first-order valence-corrected chi connectivity index (χ1v) is 9.83. The molecule has 2 aromatic rings. The van der Waals surface area contributed by atoms with Crippen LogP contribution in [0.5, 0.6) is 5.88 Å². The fraction of sp³-hybridized carbons (Fsp3) is 0.211. The Morgan fingerprint density at radius 2 is 1.81 bits per heavy atom. The molecule has 0 saturated carbocycles. The minimum atomic E-state index is -3.35. The molecule has 0 amide bonds. The lowest BCUT2D eigenvalue weighted by molar-refractivity contribution is -0.143. The number of esters is 1. The topological polar surface area (TPSA) is 106 Å². The summed E-state index contributed by atoms with van der Waals surface area (Å²) in [6, 6.07) is 10.9. The number of sulfone groups is 1. The van der Waals surface area contributed by atoms with Crippen molar-refractivity contribution in [2.45, 2.75) is 24.3 Å². The zero-order valence-corrected chi connectivity index (χ0v) is 15.7. The first-order valence-electron chi connectivity index (χ1n) is 7.94. The number of nitrogens with zero attached hydrogens (tertiary/aromatic N) is 2. The maximum absolute atomic E-state index is 12.4. The summed E-state index contributed by atoms with van der Waals surface area (Å²) >= 11 is 0. The molecule has 0 atom stereocenters. The quantitative estimate of drug-likeness (QED) is 0.745. The van der Waals surface area contributed by atoms with E-state index in [1.165, 1.54) is 36.5 Å². The van der Waals surface area contributed by atoms with Gasteiger partial charge in [-0.05, 0) is 37.6 Å². The minimum absolute atomic E-state index is 0.147. The Hall–Kier alpha value is -3.18. The molecule has 1 aromatic heterocycles. The normalized spacial score (nSPS) is 16.0. The van der Waals surface area contributed by atoms with Gasteiger partial charge in [0.05, 0.1) is 10.5 Å². The van der Waals surface area contributed by atoms with Crippen LogP contribution in [0, 0.1) is 11.3 Å². The van der Waals surface area contributed by atoms with Gasteiger partial charge in [0, 0.05) is 18.5 Å². The van der Waals surface area contributed by atoms with Crippen molar-refractivity contribution in [3.8, 4) is 11.9 Å². The Bertz CT molecular complexity index is 1080. The number of aromatic nitrogens is 1. The van der Waals surface area contributed by atoms with E-state index in [1.54, 1.807) is 19.9 Å². The van der Waals surface area contributed by atoms with Crippen molar-refractivity contribution in [3.05, 3.63) is 59.5 Å². The molecule has 0 N–H and O–H groups in total. The van der Waals surface area contributed by atoms with Crippen LogP contribution in [0.3, 0.4) is 0 Å². The summed E-state index contributed by atoms with van der Waals surface area (Å²) in [7, 11) is -3.35. The van der Waals surface area contributed by atoms with Gasteiger partial charge in [0.1, 0.15) is 11.6 Å². The van der Waals surface area contributed by atoms with Gasteiger partial charge < -0.3 is 9.47 Å². The first-order chi connectivity index (χ1) is 12.6.